The summed E-state index contributed by atoms with van der Waals surface area (Å²) in [6.45, 7) is 3.63. The van der Waals surface area contributed by atoms with Gasteiger partial charge in [-0.2, -0.15) is 0 Å². The van der Waals surface area contributed by atoms with E-state index in [2.05, 4.69) is 19.9 Å². The first kappa shape index (κ1) is 14.6. The Balaban J connectivity index is 1.57. The van der Waals surface area contributed by atoms with Crippen LogP contribution in [0.2, 0.25) is 0 Å². The van der Waals surface area contributed by atoms with Crippen LogP contribution in [0.15, 0.2) is 30.7 Å². The van der Waals surface area contributed by atoms with Crippen LogP contribution in [0.1, 0.15) is 41.9 Å². The van der Waals surface area contributed by atoms with E-state index in [1.165, 1.54) is 12.8 Å². The van der Waals surface area contributed by atoms with Crippen molar-refractivity contribution in [3.63, 3.8) is 0 Å². The number of pyridine rings is 1. The summed E-state index contributed by atoms with van der Waals surface area (Å²) >= 11 is 0. The number of hydrogen-bond donors (Lipinski definition) is 1. The van der Waals surface area contributed by atoms with Crippen LogP contribution in [0.4, 0.5) is 0 Å². The van der Waals surface area contributed by atoms with Gasteiger partial charge in [-0.15, -0.1) is 0 Å². The van der Waals surface area contributed by atoms with Crippen LogP contribution in [-0.4, -0.2) is 33.6 Å². The average molecular weight is 300 g/mol. The van der Waals surface area contributed by atoms with Crippen molar-refractivity contribution in [2.75, 3.05) is 13.2 Å². The van der Waals surface area contributed by atoms with E-state index in [0.29, 0.717) is 30.5 Å². The van der Waals surface area contributed by atoms with Gasteiger partial charge in [0.1, 0.15) is 11.4 Å². The first-order valence-electron chi connectivity index (χ1n) is 7.66. The Morgan fingerprint density at radius 3 is 3.05 bits per heavy atom. The maximum absolute atomic E-state index is 12.2. The van der Waals surface area contributed by atoms with Crippen molar-refractivity contribution in [3.05, 3.63) is 42.1 Å². The molecule has 6 nitrogen and oxygen atoms in total. The van der Waals surface area contributed by atoms with Gasteiger partial charge in [-0.1, -0.05) is 0 Å². The largest absolute Gasteiger partial charge is 0.477 e. The van der Waals surface area contributed by atoms with E-state index >= 15 is 0 Å². The van der Waals surface area contributed by atoms with E-state index in [1.54, 1.807) is 18.3 Å². The molecule has 0 unspecified atom stereocenters. The number of carbonyl (C=O) groups excluding carboxylic acids is 1. The van der Waals surface area contributed by atoms with E-state index in [-0.39, 0.29) is 5.91 Å². The number of ether oxygens (including phenoxy) is 1. The Labute approximate surface area is 129 Å². The fraction of sp³-hybridized carbons (Fsp3) is 0.438. The Morgan fingerprint density at radius 2 is 2.27 bits per heavy atom. The smallest absolute Gasteiger partial charge is 0.256 e. The highest BCUT2D eigenvalue weighted by Crippen LogP contribution is 2.38. The zero-order valence-corrected chi connectivity index (χ0v) is 12.7. The molecule has 6 heteroatoms. The summed E-state index contributed by atoms with van der Waals surface area (Å²) in [6.07, 6.45) is 7.85. The first-order chi connectivity index (χ1) is 10.8. The van der Waals surface area contributed by atoms with E-state index in [0.717, 1.165) is 12.4 Å². The minimum absolute atomic E-state index is 0.162. The summed E-state index contributed by atoms with van der Waals surface area (Å²) in [5.74, 6) is 1.95. The lowest BCUT2D eigenvalue weighted by atomic mass is 10.2. The van der Waals surface area contributed by atoms with Gasteiger partial charge < -0.3 is 14.6 Å². The molecule has 1 aliphatic carbocycles. The third kappa shape index (κ3) is 3.27. The SMILES string of the molecule is CCOc1ncccc1C(=O)NCCn1ccnc1C1CC1. The van der Waals surface area contributed by atoms with Crippen LogP contribution < -0.4 is 10.1 Å². The Morgan fingerprint density at radius 1 is 1.41 bits per heavy atom. The lowest BCUT2D eigenvalue weighted by molar-refractivity contribution is 0.0947. The van der Waals surface area contributed by atoms with Gasteiger partial charge in [0.15, 0.2) is 0 Å². The van der Waals surface area contributed by atoms with Crippen molar-refractivity contribution in [3.8, 4) is 5.88 Å². The lowest BCUT2D eigenvalue weighted by Crippen LogP contribution is -2.28. The maximum atomic E-state index is 12.2. The summed E-state index contributed by atoms with van der Waals surface area (Å²) in [6, 6.07) is 3.46. The molecule has 0 radical (unpaired) electrons. The molecule has 3 rings (SSSR count). The molecular weight excluding hydrogens is 280 g/mol. The molecule has 2 aromatic heterocycles. The summed E-state index contributed by atoms with van der Waals surface area (Å²) in [5.41, 5.74) is 0.470. The molecule has 1 saturated carbocycles. The van der Waals surface area contributed by atoms with Crippen LogP contribution >= 0.6 is 0 Å². The molecule has 0 aliphatic heterocycles. The second-order valence-corrected chi connectivity index (χ2v) is 5.30. The van der Waals surface area contributed by atoms with Crippen molar-refractivity contribution in [1.82, 2.24) is 19.9 Å². The molecule has 1 N–H and O–H groups in total. The minimum Gasteiger partial charge on any atom is -0.477 e. The van der Waals surface area contributed by atoms with Gasteiger partial charge >= 0.3 is 0 Å². The number of imidazole rings is 1. The third-order valence-corrected chi connectivity index (χ3v) is 3.63. The standard InChI is InChI=1S/C16H20N4O2/c1-2-22-16-13(4-3-7-19-16)15(21)18-9-11-20-10-8-17-14(20)12-5-6-12/h3-4,7-8,10,12H,2,5-6,9,11H2,1H3,(H,18,21). The fourth-order valence-corrected chi connectivity index (χ4v) is 2.41. The maximum Gasteiger partial charge on any atom is 0.256 e. The van der Waals surface area contributed by atoms with Gasteiger partial charge in [-0.05, 0) is 31.9 Å². The summed E-state index contributed by atoms with van der Waals surface area (Å²) in [7, 11) is 0. The second-order valence-electron chi connectivity index (χ2n) is 5.30. The quantitative estimate of drug-likeness (QED) is 0.849. The van der Waals surface area contributed by atoms with Crippen molar-refractivity contribution in [2.24, 2.45) is 0 Å². The van der Waals surface area contributed by atoms with E-state index in [4.69, 9.17) is 4.74 Å². The molecule has 1 aliphatic rings. The monoisotopic (exact) mass is 300 g/mol. The predicted molar refractivity (Wildman–Crippen MR) is 81.9 cm³/mol. The predicted octanol–water partition coefficient (Wildman–Crippen LogP) is 1.98. The summed E-state index contributed by atoms with van der Waals surface area (Å²) < 4.78 is 7.50. The fourth-order valence-electron chi connectivity index (χ4n) is 2.41. The van der Waals surface area contributed by atoms with Gasteiger partial charge in [-0.3, -0.25) is 4.79 Å². The van der Waals surface area contributed by atoms with E-state index < -0.39 is 0 Å². The minimum atomic E-state index is -0.162. The number of carbonyl (C=O) groups is 1. The molecule has 0 bridgehead atoms. The Bertz CT molecular complexity index is 649. The lowest BCUT2D eigenvalue weighted by Gasteiger charge is -2.10. The molecule has 0 saturated heterocycles. The molecule has 0 spiro atoms. The highest BCUT2D eigenvalue weighted by atomic mass is 16.5. The molecular formula is C16H20N4O2. The average Bonchev–Trinajstić information content (AvgIpc) is 3.27. The second kappa shape index (κ2) is 6.60. The number of amides is 1. The third-order valence-electron chi connectivity index (χ3n) is 3.63. The zero-order chi connectivity index (χ0) is 15.4. The molecule has 1 amide bonds. The van der Waals surface area contributed by atoms with Crippen LogP contribution in [0.5, 0.6) is 5.88 Å². The van der Waals surface area contributed by atoms with Gasteiger partial charge in [0, 0.05) is 37.6 Å². The van der Waals surface area contributed by atoms with Crippen LogP contribution in [-0.2, 0) is 6.54 Å². The number of aromatic nitrogens is 3. The molecule has 0 atom stereocenters. The molecule has 2 aromatic rings. The Hall–Kier alpha value is -2.37. The highest BCUT2D eigenvalue weighted by Gasteiger charge is 2.27. The first-order valence-corrected chi connectivity index (χ1v) is 7.66. The van der Waals surface area contributed by atoms with Crippen LogP contribution in [0.3, 0.4) is 0 Å². The van der Waals surface area contributed by atoms with E-state index in [1.807, 2.05) is 19.3 Å². The zero-order valence-electron chi connectivity index (χ0n) is 12.7. The molecule has 0 aromatic carbocycles. The number of rotatable bonds is 7. The highest BCUT2D eigenvalue weighted by molar-refractivity contribution is 5.96. The Kier molecular flexibility index (Phi) is 4.37. The molecule has 22 heavy (non-hydrogen) atoms. The van der Waals surface area contributed by atoms with Gasteiger partial charge in [0.05, 0.1) is 6.61 Å². The van der Waals surface area contributed by atoms with Crippen LogP contribution in [0.25, 0.3) is 0 Å². The molecule has 2 heterocycles. The van der Waals surface area contributed by atoms with Crippen molar-refractivity contribution in [1.29, 1.82) is 0 Å². The molecule has 116 valence electrons. The van der Waals surface area contributed by atoms with Crippen molar-refractivity contribution >= 4 is 5.91 Å². The number of nitrogens with zero attached hydrogens (tertiary/aromatic N) is 3. The number of hydrogen-bond acceptors (Lipinski definition) is 4. The van der Waals surface area contributed by atoms with E-state index in [9.17, 15) is 4.79 Å². The summed E-state index contributed by atoms with van der Waals surface area (Å²) in [5, 5.41) is 2.92. The molecule has 1 fully saturated rings. The van der Waals surface area contributed by atoms with Crippen molar-refractivity contribution in [2.45, 2.75) is 32.2 Å². The number of nitrogens with one attached hydrogen (secondary N) is 1. The van der Waals surface area contributed by atoms with Gasteiger partial charge in [-0.25, -0.2) is 9.97 Å². The van der Waals surface area contributed by atoms with Crippen LogP contribution in [0, 0.1) is 0 Å². The summed E-state index contributed by atoms with van der Waals surface area (Å²) in [4.78, 5) is 20.7. The topological polar surface area (TPSA) is 69.0 Å². The van der Waals surface area contributed by atoms with Gasteiger partial charge in [0.25, 0.3) is 5.91 Å². The van der Waals surface area contributed by atoms with Gasteiger partial charge in [0.2, 0.25) is 5.88 Å². The normalized spacial score (nSPS) is 13.9. The van der Waals surface area contributed by atoms with Crippen molar-refractivity contribution < 1.29 is 9.53 Å².